The Kier molecular flexibility index (Phi) is 4.91. The molecule has 6 heteroatoms. The van der Waals surface area contributed by atoms with Gasteiger partial charge in [0.25, 0.3) is 5.91 Å². The summed E-state index contributed by atoms with van der Waals surface area (Å²) in [6.07, 6.45) is 6.55. The molecule has 0 unspecified atom stereocenters. The van der Waals surface area contributed by atoms with Crippen LogP contribution in [0, 0.1) is 0 Å². The van der Waals surface area contributed by atoms with E-state index in [1.54, 1.807) is 14.2 Å². The summed E-state index contributed by atoms with van der Waals surface area (Å²) in [5.74, 6) is 1.22. The average Bonchev–Trinajstić information content (AvgIpc) is 3.18. The summed E-state index contributed by atoms with van der Waals surface area (Å²) < 4.78 is 10.5. The molecule has 3 rings (SSSR count). The number of rotatable bonds is 4. The Balaban J connectivity index is 1.78. The van der Waals surface area contributed by atoms with Gasteiger partial charge in [0.15, 0.2) is 16.7 Å². The minimum absolute atomic E-state index is 0.0958. The van der Waals surface area contributed by atoms with Crippen molar-refractivity contribution < 1.29 is 14.3 Å². The molecule has 0 aromatic heterocycles. The van der Waals surface area contributed by atoms with Gasteiger partial charge in [-0.3, -0.25) is 9.79 Å². The fourth-order valence-corrected chi connectivity index (χ4v) is 3.67. The van der Waals surface area contributed by atoms with Gasteiger partial charge in [0.05, 0.1) is 25.2 Å². The molecule has 1 aromatic carbocycles. The topological polar surface area (TPSA) is 59.9 Å². The van der Waals surface area contributed by atoms with E-state index in [0.717, 1.165) is 18.4 Å². The fourth-order valence-electron chi connectivity index (χ4n) is 2.78. The van der Waals surface area contributed by atoms with E-state index in [9.17, 15) is 4.79 Å². The fraction of sp³-hybridized carbons (Fsp3) is 0.412. The van der Waals surface area contributed by atoms with Crippen LogP contribution in [0.1, 0.15) is 31.2 Å². The lowest BCUT2D eigenvalue weighted by atomic mass is 10.2. The van der Waals surface area contributed by atoms with Crippen molar-refractivity contribution in [2.75, 3.05) is 14.2 Å². The molecule has 0 radical (unpaired) electrons. The van der Waals surface area contributed by atoms with Crippen LogP contribution in [-0.4, -0.2) is 31.3 Å². The summed E-state index contributed by atoms with van der Waals surface area (Å²) in [6.45, 7) is 0. The maximum atomic E-state index is 12.1. The number of nitrogens with one attached hydrogen (secondary N) is 1. The molecular formula is C17H20N2O3S. The van der Waals surface area contributed by atoms with E-state index in [1.165, 1.54) is 24.6 Å². The number of hydrogen-bond acceptors (Lipinski definition) is 5. The van der Waals surface area contributed by atoms with Gasteiger partial charge in [-0.25, -0.2) is 0 Å². The predicted molar refractivity (Wildman–Crippen MR) is 92.9 cm³/mol. The standard InChI is InChI=1S/C17H20N2O3S/c1-21-13-8-7-11(9-14(13)22-2)10-15-16(20)19-17(23-15)18-12-5-3-4-6-12/h7-10,12H,3-6H2,1-2H3,(H,18,19,20)/b15-10+. The van der Waals surface area contributed by atoms with Crippen molar-refractivity contribution in [1.29, 1.82) is 0 Å². The van der Waals surface area contributed by atoms with Crippen molar-refractivity contribution in [2.45, 2.75) is 31.7 Å². The zero-order valence-corrected chi connectivity index (χ0v) is 14.1. The van der Waals surface area contributed by atoms with Crippen molar-refractivity contribution in [3.05, 3.63) is 28.7 Å². The number of thioether (sulfide) groups is 1. The van der Waals surface area contributed by atoms with Gasteiger partial charge in [-0.2, -0.15) is 0 Å². The minimum Gasteiger partial charge on any atom is -0.493 e. The largest absolute Gasteiger partial charge is 0.493 e. The molecule has 2 aliphatic rings. The lowest BCUT2D eigenvalue weighted by Gasteiger charge is -2.07. The highest BCUT2D eigenvalue weighted by Crippen LogP contribution is 2.32. The Morgan fingerprint density at radius 2 is 1.96 bits per heavy atom. The van der Waals surface area contributed by atoms with Gasteiger partial charge in [-0.15, -0.1) is 0 Å². The van der Waals surface area contributed by atoms with E-state index >= 15 is 0 Å². The third-order valence-electron chi connectivity index (χ3n) is 3.98. The molecule has 1 aliphatic carbocycles. The Bertz CT molecular complexity index is 664. The maximum Gasteiger partial charge on any atom is 0.264 e. The van der Waals surface area contributed by atoms with Crippen LogP contribution in [0.2, 0.25) is 0 Å². The Labute approximate surface area is 140 Å². The van der Waals surface area contributed by atoms with Crippen LogP contribution in [0.3, 0.4) is 0 Å². The summed E-state index contributed by atoms with van der Waals surface area (Å²) in [5.41, 5.74) is 0.891. The second-order valence-electron chi connectivity index (χ2n) is 5.55. The van der Waals surface area contributed by atoms with Gasteiger partial charge < -0.3 is 14.8 Å². The number of methoxy groups -OCH3 is 2. The molecule has 0 bridgehead atoms. The zero-order chi connectivity index (χ0) is 16.2. The van der Waals surface area contributed by atoms with Crippen molar-refractivity contribution in [3.8, 4) is 11.5 Å². The molecule has 1 saturated carbocycles. The number of ether oxygens (including phenoxy) is 2. The lowest BCUT2D eigenvalue weighted by Crippen LogP contribution is -2.21. The molecule has 0 atom stereocenters. The Morgan fingerprint density at radius 1 is 1.22 bits per heavy atom. The van der Waals surface area contributed by atoms with Gasteiger partial charge >= 0.3 is 0 Å². The summed E-state index contributed by atoms with van der Waals surface area (Å²) in [6, 6.07) is 5.94. The highest BCUT2D eigenvalue weighted by molar-refractivity contribution is 8.18. The van der Waals surface area contributed by atoms with Crippen LogP contribution in [0.5, 0.6) is 11.5 Å². The van der Waals surface area contributed by atoms with E-state index in [0.29, 0.717) is 27.6 Å². The molecule has 1 N–H and O–H groups in total. The molecule has 0 spiro atoms. The first-order chi connectivity index (χ1) is 11.2. The van der Waals surface area contributed by atoms with Crippen LogP contribution in [-0.2, 0) is 4.79 Å². The molecule has 1 heterocycles. The van der Waals surface area contributed by atoms with Gasteiger partial charge in [0.2, 0.25) is 0 Å². The van der Waals surface area contributed by atoms with Crippen molar-refractivity contribution in [1.82, 2.24) is 5.32 Å². The van der Waals surface area contributed by atoms with Crippen LogP contribution in [0.4, 0.5) is 0 Å². The highest BCUT2D eigenvalue weighted by atomic mass is 32.2. The van der Waals surface area contributed by atoms with E-state index in [1.807, 2.05) is 24.3 Å². The third kappa shape index (κ3) is 3.69. The van der Waals surface area contributed by atoms with E-state index < -0.39 is 0 Å². The average molecular weight is 332 g/mol. The summed E-state index contributed by atoms with van der Waals surface area (Å²) in [5, 5.41) is 3.57. The van der Waals surface area contributed by atoms with E-state index in [-0.39, 0.29) is 5.91 Å². The van der Waals surface area contributed by atoms with Crippen LogP contribution >= 0.6 is 11.8 Å². The molecule has 122 valence electrons. The quantitative estimate of drug-likeness (QED) is 0.860. The van der Waals surface area contributed by atoms with Gasteiger partial charge in [0, 0.05) is 0 Å². The number of carbonyl (C=O) groups is 1. The molecule has 1 aliphatic heterocycles. The van der Waals surface area contributed by atoms with Crippen LogP contribution in [0.25, 0.3) is 6.08 Å². The summed E-state index contributed by atoms with van der Waals surface area (Å²) in [7, 11) is 3.19. The highest BCUT2D eigenvalue weighted by Gasteiger charge is 2.25. The monoisotopic (exact) mass is 332 g/mol. The normalized spacial score (nSPS) is 21.9. The van der Waals surface area contributed by atoms with Gasteiger partial charge in [0.1, 0.15) is 0 Å². The number of aliphatic imine (C=N–C) groups is 1. The van der Waals surface area contributed by atoms with Crippen LogP contribution < -0.4 is 14.8 Å². The van der Waals surface area contributed by atoms with Gasteiger partial charge in [-0.1, -0.05) is 18.9 Å². The smallest absolute Gasteiger partial charge is 0.264 e. The first-order valence-electron chi connectivity index (χ1n) is 7.70. The Hall–Kier alpha value is -1.95. The maximum absolute atomic E-state index is 12.1. The second kappa shape index (κ2) is 7.08. The van der Waals surface area contributed by atoms with Crippen molar-refractivity contribution in [3.63, 3.8) is 0 Å². The molecule has 23 heavy (non-hydrogen) atoms. The van der Waals surface area contributed by atoms with Crippen molar-refractivity contribution in [2.24, 2.45) is 4.99 Å². The Morgan fingerprint density at radius 3 is 2.65 bits per heavy atom. The van der Waals surface area contributed by atoms with Crippen molar-refractivity contribution >= 4 is 28.9 Å². The third-order valence-corrected chi connectivity index (χ3v) is 4.90. The van der Waals surface area contributed by atoms with E-state index in [4.69, 9.17) is 9.47 Å². The number of benzene rings is 1. The predicted octanol–water partition coefficient (Wildman–Crippen LogP) is 3.21. The molecule has 1 aromatic rings. The zero-order valence-electron chi connectivity index (χ0n) is 13.3. The van der Waals surface area contributed by atoms with Crippen LogP contribution in [0.15, 0.2) is 28.1 Å². The summed E-state index contributed by atoms with van der Waals surface area (Å²) in [4.78, 5) is 17.4. The SMILES string of the molecule is COc1ccc(/C=C2/SC(=NC3CCCC3)NC2=O)cc1OC. The van der Waals surface area contributed by atoms with Gasteiger partial charge in [-0.05, 0) is 48.4 Å². The number of nitrogens with zero attached hydrogens (tertiary/aromatic N) is 1. The number of amidine groups is 1. The molecular weight excluding hydrogens is 312 g/mol. The van der Waals surface area contributed by atoms with E-state index in [2.05, 4.69) is 10.3 Å². The first kappa shape index (κ1) is 15.9. The molecule has 1 saturated heterocycles. The molecule has 1 amide bonds. The summed E-state index contributed by atoms with van der Waals surface area (Å²) >= 11 is 1.40. The minimum atomic E-state index is -0.0958. The molecule has 5 nitrogen and oxygen atoms in total. The number of hydrogen-bond donors (Lipinski definition) is 1. The number of amides is 1. The lowest BCUT2D eigenvalue weighted by molar-refractivity contribution is -0.115. The second-order valence-corrected chi connectivity index (χ2v) is 6.58. The first-order valence-corrected chi connectivity index (χ1v) is 8.52. The number of carbonyl (C=O) groups excluding carboxylic acids is 1. The molecule has 2 fully saturated rings.